The molecule has 1 rings (SSSR count). The lowest BCUT2D eigenvalue weighted by Crippen LogP contribution is -2.32. The topological polar surface area (TPSA) is 87.9 Å². The zero-order chi connectivity index (χ0) is 8.97. The van der Waals surface area contributed by atoms with Crippen LogP contribution < -0.4 is 5.73 Å². The molecule has 6 nitrogen and oxygen atoms in total. The van der Waals surface area contributed by atoms with Crippen molar-refractivity contribution in [1.82, 2.24) is 20.1 Å². The Morgan fingerprint density at radius 1 is 1.83 bits per heavy atom. The number of hydrogen-bond acceptors (Lipinski definition) is 4. The van der Waals surface area contributed by atoms with Crippen LogP contribution in [0.2, 0.25) is 0 Å². The number of nitrogens with two attached hydrogens (primary N) is 1. The SMILES string of the molecule is CN(CCN)C(=O)c1ncn[nH]1. The summed E-state index contributed by atoms with van der Waals surface area (Å²) in [5, 5.41) is 6.05. The van der Waals surface area contributed by atoms with Gasteiger partial charge in [0.15, 0.2) is 0 Å². The van der Waals surface area contributed by atoms with Crippen LogP contribution in [0.5, 0.6) is 0 Å². The molecule has 0 radical (unpaired) electrons. The van der Waals surface area contributed by atoms with E-state index in [1.165, 1.54) is 11.2 Å². The molecule has 0 aliphatic carbocycles. The molecule has 0 aliphatic rings. The van der Waals surface area contributed by atoms with Gasteiger partial charge in [0.05, 0.1) is 0 Å². The summed E-state index contributed by atoms with van der Waals surface area (Å²) in [6.45, 7) is 0.954. The van der Waals surface area contributed by atoms with Gasteiger partial charge in [-0.1, -0.05) is 0 Å². The number of nitrogens with zero attached hydrogens (tertiary/aromatic N) is 3. The highest BCUT2D eigenvalue weighted by molar-refractivity contribution is 5.90. The van der Waals surface area contributed by atoms with Gasteiger partial charge in [0.25, 0.3) is 5.91 Å². The van der Waals surface area contributed by atoms with Crippen molar-refractivity contribution >= 4 is 5.91 Å². The van der Waals surface area contributed by atoms with E-state index in [2.05, 4.69) is 15.2 Å². The quantitative estimate of drug-likeness (QED) is 0.597. The monoisotopic (exact) mass is 169 g/mol. The van der Waals surface area contributed by atoms with Crippen molar-refractivity contribution in [2.45, 2.75) is 0 Å². The van der Waals surface area contributed by atoms with Crippen LogP contribution in [0.15, 0.2) is 6.33 Å². The number of likely N-dealkylation sites (N-methyl/N-ethyl adjacent to an activating group) is 1. The number of aromatic nitrogens is 3. The molecule has 6 heteroatoms. The number of H-pyrrole nitrogens is 1. The summed E-state index contributed by atoms with van der Waals surface area (Å²) in [5.41, 5.74) is 5.28. The summed E-state index contributed by atoms with van der Waals surface area (Å²) < 4.78 is 0. The first kappa shape index (κ1) is 8.66. The van der Waals surface area contributed by atoms with E-state index in [1.807, 2.05) is 0 Å². The summed E-state index contributed by atoms with van der Waals surface area (Å²) in [7, 11) is 1.66. The zero-order valence-corrected chi connectivity index (χ0v) is 6.82. The lowest BCUT2D eigenvalue weighted by atomic mass is 10.4. The van der Waals surface area contributed by atoms with Gasteiger partial charge < -0.3 is 10.6 Å². The number of hydrogen-bond donors (Lipinski definition) is 2. The van der Waals surface area contributed by atoms with Gasteiger partial charge in [0, 0.05) is 20.1 Å². The van der Waals surface area contributed by atoms with Crippen LogP contribution in [0.3, 0.4) is 0 Å². The Bertz CT molecular complexity index is 244. The molecule has 0 spiro atoms. The first-order valence-corrected chi connectivity index (χ1v) is 3.56. The van der Waals surface area contributed by atoms with Crippen molar-refractivity contribution < 1.29 is 4.79 Å². The molecule has 66 valence electrons. The molecule has 1 aromatic rings. The molecular weight excluding hydrogens is 158 g/mol. The van der Waals surface area contributed by atoms with Gasteiger partial charge in [-0.25, -0.2) is 4.98 Å². The smallest absolute Gasteiger partial charge is 0.290 e. The molecule has 12 heavy (non-hydrogen) atoms. The first-order valence-electron chi connectivity index (χ1n) is 3.56. The molecule has 0 atom stereocenters. The molecule has 1 heterocycles. The molecule has 0 aliphatic heterocycles. The third kappa shape index (κ3) is 1.79. The van der Waals surface area contributed by atoms with E-state index in [0.29, 0.717) is 13.1 Å². The van der Waals surface area contributed by atoms with Crippen molar-refractivity contribution in [2.75, 3.05) is 20.1 Å². The molecular formula is C6H11N5O. The largest absolute Gasteiger partial charge is 0.338 e. The molecule has 1 amide bonds. The van der Waals surface area contributed by atoms with E-state index < -0.39 is 0 Å². The average Bonchev–Trinajstić information content (AvgIpc) is 2.55. The molecule has 0 saturated carbocycles. The summed E-state index contributed by atoms with van der Waals surface area (Å²) in [4.78, 5) is 16.5. The lowest BCUT2D eigenvalue weighted by Gasteiger charge is -2.13. The second-order valence-electron chi connectivity index (χ2n) is 2.35. The summed E-state index contributed by atoms with van der Waals surface area (Å²) in [6.07, 6.45) is 1.30. The molecule has 0 aromatic carbocycles. The van der Waals surface area contributed by atoms with Crippen LogP contribution in [0.4, 0.5) is 0 Å². The molecule has 0 saturated heterocycles. The average molecular weight is 169 g/mol. The first-order chi connectivity index (χ1) is 5.75. The minimum atomic E-state index is -0.196. The normalized spacial score (nSPS) is 9.83. The number of aromatic amines is 1. The molecule has 0 bridgehead atoms. The number of nitrogens with one attached hydrogen (secondary N) is 1. The Hall–Kier alpha value is -1.43. The highest BCUT2D eigenvalue weighted by atomic mass is 16.2. The maximum atomic E-state index is 11.3. The number of amides is 1. The minimum Gasteiger partial charge on any atom is -0.338 e. The van der Waals surface area contributed by atoms with E-state index in [1.54, 1.807) is 7.05 Å². The predicted molar refractivity (Wildman–Crippen MR) is 42.4 cm³/mol. The molecule has 1 aromatic heterocycles. The Morgan fingerprint density at radius 2 is 2.58 bits per heavy atom. The van der Waals surface area contributed by atoms with E-state index in [9.17, 15) is 4.79 Å². The number of carbonyl (C=O) groups is 1. The number of carbonyl (C=O) groups excluding carboxylic acids is 1. The minimum absolute atomic E-state index is 0.196. The van der Waals surface area contributed by atoms with Gasteiger partial charge >= 0.3 is 0 Å². The molecule has 3 N–H and O–H groups in total. The predicted octanol–water partition coefficient (Wildman–Crippen LogP) is -1.16. The summed E-state index contributed by atoms with van der Waals surface area (Å²) >= 11 is 0. The fourth-order valence-electron chi connectivity index (χ4n) is 0.785. The van der Waals surface area contributed by atoms with Crippen LogP contribution in [0.25, 0.3) is 0 Å². The second kappa shape index (κ2) is 3.82. The Kier molecular flexibility index (Phi) is 2.76. The van der Waals surface area contributed by atoms with E-state index in [4.69, 9.17) is 5.73 Å². The third-order valence-corrected chi connectivity index (χ3v) is 1.43. The summed E-state index contributed by atoms with van der Waals surface area (Å²) in [5.74, 6) is 0.0453. The standard InChI is InChI=1S/C6H11N5O/c1-11(3-2-7)6(12)5-8-4-9-10-5/h4H,2-3,7H2,1H3,(H,8,9,10). The van der Waals surface area contributed by atoms with Crippen LogP contribution in [-0.4, -0.2) is 46.1 Å². The van der Waals surface area contributed by atoms with E-state index in [0.717, 1.165) is 0 Å². The Balaban J connectivity index is 2.59. The molecule has 0 fully saturated rings. The highest BCUT2D eigenvalue weighted by Gasteiger charge is 2.12. The van der Waals surface area contributed by atoms with E-state index >= 15 is 0 Å². The third-order valence-electron chi connectivity index (χ3n) is 1.43. The summed E-state index contributed by atoms with van der Waals surface area (Å²) in [6, 6.07) is 0. The number of rotatable bonds is 3. The maximum absolute atomic E-state index is 11.3. The van der Waals surface area contributed by atoms with Crippen molar-refractivity contribution in [3.05, 3.63) is 12.2 Å². The Morgan fingerprint density at radius 3 is 3.08 bits per heavy atom. The van der Waals surface area contributed by atoms with Gasteiger partial charge in [0.2, 0.25) is 5.82 Å². The van der Waals surface area contributed by atoms with Crippen LogP contribution in [0, 0.1) is 0 Å². The van der Waals surface area contributed by atoms with Crippen molar-refractivity contribution in [3.8, 4) is 0 Å². The van der Waals surface area contributed by atoms with Gasteiger partial charge in [-0.3, -0.25) is 9.89 Å². The van der Waals surface area contributed by atoms with E-state index in [-0.39, 0.29) is 11.7 Å². The zero-order valence-electron chi connectivity index (χ0n) is 6.82. The van der Waals surface area contributed by atoms with Gasteiger partial charge in [-0.05, 0) is 0 Å². The second-order valence-corrected chi connectivity index (χ2v) is 2.35. The van der Waals surface area contributed by atoms with Gasteiger partial charge in [-0.15, -0.1) is 0 Å². The fourth-order valence-corrected chi connectivity index (χ4v) is 0.785. The van der Waals surface area contributed by atoms with Crippen LogP contribution >= 0.6 is 0 Å². The Labute approximate surface area is 69.8 Å². The van der Waals surface area contributed by atoms with Crippen molar-refractivity contribution in [2.24, 2.45) is 5.73 Å². The van der Waals surface area contributed by atoms with Crippen molar-refractivity contribution in [1.29, 1.82) is 0 Å². The van der Waals surface area contributed by atoms with Gasteiger partial charge in [-0.2, -0.15) is 5.10 Å². The molecule has 0 unspecified atom stereocenters. The fraction of sp³-hybridized carbons (Fsp3) is 0.500. The van der Waals surface area contributed by atoms with Crippen LogP contribution in [-0.2, 0) is 0 Å². The van der Waals surface area contributed by atoms with Crippen molar-refractivity contribution in [3.63, 3.8) is 0 Å². The lowest BCUT2D eigenvalue weighted by molar-refractivity contribution is 0.0787. The highest BCUT2D eigenvalue weighted by Crippen LogP contribution is 1.92. The van der Waals surface area contributed by atoms with Gasteiger partial charge in [0.1, 0.15) is 6.33 Å². The maximum Gasteiger partial charge on any atom is 0.290 e. The van der Waals surface area contributed by atoms with Crippen LogP contribution in [0.1, 0.15) is 10.6 Å².